The maximum absolute atomic E-state index is 13.4. The number of carbonyl (C=O) groups excluding carboxylic acids is 2. The van der Waals surface area contributed by atoms with Crippen LogP contribution in [0.2, 0.25) is 10.0 Å². The third-order valence-electron chi connectivity index (χ3n) is 6.94. The van der Waals surface area contributed by atoms with Crippen LogP contribution in [0.15, 0.2) is 17.1 Å². The zero-order chi connectivity index (χ0) is 25.7. The van der Waals surface area contributed by atoms with E-state index < -0.39 is 11.1 Å². The average Bonchev–Trinajstić information content (AvgIpc) is 3.50. The number of guanidine groups is 1. The van der Waals surface area contributed by atoms with Gasteiger partial charge in [-0.2, -0.15) is 0 Å². The predicted molar refractivity (Wildman–Crippen MR) is 136 cm³/mol. The molecular weight excluding hydrogens is 491 g/mol. The van der Waals surface area contributed by atoms with E-state index >= 15 is 0 Å². The fraction of sp³-hybridized carbons (Fsp3) is 0.640. The van der Waals surface area contributed by atoms with Crippen LogP contribution in [-0.2, 0) is 14.3 Å². The number of amides is 2. The molecule has 10 heteroatoms. The van der Waals surface area contributed by atoms with E-state index in [-0.39, 0.29) is 48.1 Å². The van der Waals surface area contributed by atoms with Gasteiger partial charge >= 0.3 is 0 Å². The molecule has 2 heterocycles. The number of nitrogens with one attached hydrogen (secondary N) is 1. The summed E-state index contributed by atoms with van der Waals surface area (Å²) in [5, 5.41) is 4.10. The molecule has 0 spiro atoms. The first-order valence-electron chi connectivity index (χ1n) is 12.0. The van der Waals surface area contributed by atoms with E-state index in [1.54, 1.807) is 24.1 Å². The normalized spacial score (nSPS) is 27.4. The van der Waals surface area contributed by atoms with E-state index in [1.807, 2.05) is 27.7 Å². The largest absolute Gasteiger partial charge is 0.486 e. The topological polar surface area (TPSA) is 106 Å². The summed E-state index contributed by atoms with van der Waals surface area (Å²) in [5.41, 5.74) is 5.97. The number of benzene rings is 1. The Balaban J connectivity index is 1.53. The molecule has 2 amide bonds. The lowest BCUT2D eigenvalue weighted by Crippen LogP contribution is -2.55. The molecule has 0 radical (unpaired) electrons. The zero-order valence-electron chi connectivity index (χ0n) is 20.9. The van der Waals surface area contributed by atoms with Crippen molar-refractivity contribution in [2.75, 3.05) is 13.7 Å². The zero-order valence-corrected chi connectivity index (χ0v) is 22.4. The Hall–Kier alpha value is -2.03. The van der Waals surface area contributed by atoms with Crippen LogP contribution in [-0.4, -0.2) is 53.6 Å². The van der Waals surface area contributed by atoms with Crippen LogP contribution in [0.5, 0.6) is 5.75 Å². The first-order valence-corrected chi connectivity index (χ1v) is 12.7. The van der Waals surface area contributed by atoms with Crippen molar-refractivity contribution >= 4 is 41.0 Å². The van der Waals surface area contributed by atoms with Crippen molar-refractivity contribution in [1.82, 2.24) is 10.2 Å². The summed E-state index contributed by atoms with van der Waals surface area (Å²) in [4.78, 5) is 32.5. The van der Waals surface area contributed by atoms with Crippen LogP contribution in [0.25, 0.3) is 0 Å². The van der Waals surface area contributed by atoms with E-state index in [9.17, 15) is 9.59 Å². The standard InChI is InChI=1S/C25H34Cl2N4O4/c1-24(2)12-20(32)31(23(28)30-24)19(6-7-34-5)14-10-15(14)22(33)29-18-11-25(3,4)35-21-16(18)8-13(26)9-17(21)27/h8-9,14-15,18-19H,6-7,10-12H2,1-5H3,(H2,28,30)(H,29,33)/t14?,15?,18-,19?/m0/s1. The molecular formula is C25H34Cl2N4O4. The van der Waals surface area contributed by atoms with Gasteiger partial charge < -0.3 is 20.5 Å². The number of nitrogens with zero attached hydrogens (tertiary/aromatic N) is 2. The van der Waals surface area contributed by atoms with Crippen LogP contribution < -0.4 is 15.8 Å². The Morgan fingerprint density at radius 1 is 1.34 bits per heavy atom. The van der Waals surface area contributed by atoms with Gasteiger partial charge in [0.1, 0.15) is 11.4 Å². The second-order valence-corrected chi connectivity index (χ2v) is 11.9. The van der Waals surface area contributed by atoms with Gasteiger partial charge in [0.25, 0.3) is 0 Å². The summed E-state index contributed by atoms with van der Waals surface area (Å²) in [6.45, 7) is 8.16. The Morgan fingerprint density at radius 3 is 2.71 bits per heavy atom. The number of rotatable bonds is 7. The Kier molecular flexibility index (Phi) is 7.03. The van der Waals surface area contributed by atoms with E-state index in [0.717, 1.165) is 5.56 Å². The number of fused-ring (bicyclic) bond motifs is 1. The van der Waals surface area contributed by atoms with Gasteiger partial charge in [-0.05, 0) is 58.6 Å². The summed E-state index contributed by atoms with van der Waals surface area (Å²) in [6, 6.07) is 2.89. The van der Waals surface area contributed by atoms with E-state index in [2.05, 4.69) is 10.3 Å². The van der Waals surface area contributed by atoms with Gasteiger partial charge in [0.15, 0.2) is 5.96 Å². The van der Waals surface area contributed by atoms with Crippen LogP contribution in [0, 0.1) is 11.8 Å². The Labute approximate surface area is 216 Å². The highest BCUT2D eigenvalue weighted by atomic mass is 35.5. The van der Waals surface area contributed by atoms with Gasteiger partial charge in [-0.25, -0.2) is 4.99 Å². The van der Waals surface area contributed by atoms with Gasteiger partial charge in [-0.1, -0.05) is 23.2 Å². The van der Waals surface area contributed by atoms with Crippen molar-refractivity contribution in [2.24, 2.45) is 22.6 Å². The molecule has 3 aliphatic rings. The Morgan fingerprint density at radius 2 is 2.06 bits per heavy atom. The molecule has 4 atom stereocenters. The highest BCUT2D eigenvalue weighted by Gasteiger charge is 2.52. The SMILES string of the molecule is COCCC(C1CC1C(=O)N[C@H]1CC(C)(C)Oc2c(Cl)cc(Cl)cc21)N1C(=O)CC(C)(C)N=C1N. The first kappa shape index (κ1) is 26.0. The molecule has 0 saturated heterocycles. The number of aliphatic imine (C=N–C) groups is 1. The minimum atomic E-state index is -0.532. The van der Waals surface area contributed by atoms with Crippen LogP contribution in [0.1, 0.15) is 65.0 Å². The molecule has 8 nitrogen and oxygen atoms in total. The maximum Gasteiger partial charge on any atom is 0.231 e. The van der Waals surface area contributed by atoms with Crippen molar-refractivity contribution in [2.45, 2.75) is 76.6 Å². The number of hydrogen-bond donors (Lipinski definition) is 2. The highest BCUT2D eigenvalue weighted by Crippen LogP contribution is 2.48. The van der Waals surface area contributed by atoms with Crippen LogP contribution in [0.3, 0.4) is 0 Å². The highest BCUT2D eigenvalue weighted by molar-refractivity contribution is 6.35. The first-order chi connectivity index (χ1) is 16.3. The molecule has 2 aliphatic heterocycles. The van der Waals surface area contributed by atoms with Crippen molar-refractivity contribution < 1.29 is 19.1 Å². The van der Waals surface area contributed by atoms with Crippen LogP contribution >= 0.6 is 23.2 Å². The molecule has 1 aromatic rings. The van der Waals surface area contributed by atoms with E-state index in [0.29, 0.717) is 41.7 Å². The van der Waals surface area contributed by atoms with Crippen molar-refractivity contribution in [3.8, 4) is 5.75 Å². The number of ether oxygens (including phenoxy) is 2. The summed E-state index contributed by atoms with van der Waals surface area (Å²) >= 11 is 12.7. The van der Waals surface area contributed by atoms with Gasteiger partial charge in [0.05, 0.1) is 23.0 Å². The molecule has 0 bridgehead atoms. The molecule has 1 aromatic carbocycles. The lowest BCUT2D eigenvalue weighted by atomic mass is 9.89. The molecule has 192 valence electrons. The number of methoxy groups -OCH3 is 1. The van der Waals surface area contributed by atoms with Crippen molar-refractivity contribution in [3.63, 3.8) is 0 Å². The van der Waals surface area contributed by atoms with Gasteiger partial charge in [0, 0.05) is 42.7 Å². The van der Waals surface area contributed by atoms with Gasteiger partial charge in [0.2, 0.25) is 11.8 Å². The summed E-state index contributed by atoms with van der Waals surface area (Å²) < 4.78 is 11.4. The second-order valence-electron chi connectivity index (χ2n) is 11.0. The molecule has 1 fully saturated rings. The van der Waals surface area contributed by atoms with Gasteiger partial charge in [-0.15, -0.1) is 0 Å². The van der Waals surface area contributed by atoms with Crippen molar-refractivity contribution in [1.29, 1.82) is 0 Å². The second kappa shape index (κ2) is 9.45. The van der Waals surface area contributed by atoms with E-state index in [1.165, 1.54) is 0 Å². The van der Waals surface area contributed by atoms with E-state index in [4.69, 9.17) is 38.4 Å². The quantitative estimate of drug-likeness (QED) is 0.558. The summed E-state index contributed by atoms with van der Waals surface area (Å²) in [7, 11) is 1.62. The molecule has 1 aliphatic carbocycles. The molecule has 3 N–H and O–H groups in total. The number of hydrogen-bond acceptors (Lipinski definition) is 6. The fourth-order valence-corrected chi connectivity index (χ4v) is 5.88. The minimum absolute atomic E-state index is 0.0284. The van der Waals surface area contributed by atoms with Crippen LogP contribution in [0.4, 0.5) is 0 Å². The lowest BCUT2D eigenvalue weighted by molar-refractivity contribution is -0.132. The molecule has 3 unspecified atom stereocenters. The number of halogens is 2. The lowest BCUT2D eigenvalue weighted by Gasteiger charge is -2.39. The number of nitrogens with two attached hydrogens (primary N) is 1. The average molecular weight is 525 g/mol. The molecule has 1 saturated carbocycles. The molecule has 0 aromatic heterocycles. The fourth-order valence-electron chi connectivity index (χ4n) is 5.33. The third kappa shape index (κ3) is 5.54. The monoisotopic (exact) mass is 524 g/mol. The summed E-state index contributed by atoms with van der Waals surface area (Å²) in [5.74, 6) is 0.355. The smallest absolute Gasteiger partial charge is 0.231 e. The molecule has 4 rings (SSSR count). The third-order valence-corrected chi connectivity index (χ3v) is 7.44. The summed E-state index contributed by atoms with van der Waals surface area (Å²) in [6.07, 6.45) is 2.09. The van der Waals surface area contributed by atoms with Gasteiger partial charge in [-0.3, -0.25) is 14.5 Å². The molecule has 35 heavy (non-hydrogen) atoms. The number of carbonyl (C=O) groups is 2. The minimum Gasteiger partial charge on any atom is -0.486 e. The maximum atomic E-state index is 13.4. The van der Waals surface area contributed by atoms with Crippen molar-refractivity contribution in [3.05, 3.63) is 27.7 Å². The Bertz CT molecular complexity index is 1060. The predicted octanol–water partition coefficient (Wildman–Crippen LogP) is 4.08.